The zero-order chi connectivity index (χ0) is 13.9. The summed E-state index contributed by atoms with van der Waals surface area (Å²) in [4.78, 5) is 0. The normalized spacial score (nSPS) is 29.6. The second-order valence-electron chi connectivity index (χ2n) is 6.64. The summed E-state index contributed by atoms with van der Waals surface area (Å²) < 4.78 is 5.28. The van der Waals surface area contributed by atoms with Gasteiger partial charge in [-0.3, -0.25) is 0 Å². The highest BCUT2D eigenvalue weighted by atomic mass is 16.5. The van der Waals surface area contributed by atoms with Gasteiger partial charge >= 0.3 is 0 Å². The lowest BCUT2D eigenvalue weighted by Gasteiger charge is -2.40. The molecule has 110 valence electrons. The van der Waals surface area contributed by atoms with Crippen LogP contribution in [0.15, 0.2) is 18.2 Å². The number of anilines is 1. The first-order valence-corrected chi connectivity index (χ1v) is 8.17. The van der Waals surface area contributed by atoms with Crippen molar-refractivity contribution in [2.24, 2.45) is 11.8 Å². The zero-order valence-corrected chi connectivity index (χ0v) is 12.8. The summed E-state index contributed by atoms with van der Waals surface area (Å²) in [7, 11) is 1.73. The summed E-state index contributed by atoms with van der Waals surface area (Å²) in [5.41, 5.74) is 2.57. The number of fused-ring (bicyclic) bond motifs is 1. The maximum atomic E-state index is 5.28. The van der Waals surface area contributed by atoms with Crippen LogP contribution >= 0.6 is 0 Å². The van der Waals surface area contributed by atoms with E-state index in [1.807, 2.05) is 0 Å². The van der Waals surface area contributed by atoms with Crippen LogP contribution in [0.3, 0.4) is 0 Å². The van der Waals surface area contributed by atoms with Crippen LogP contribution < -0.4 is 10.1 Å². The number of aryl methyl sites for hydroxylation is 1. The lowest BCUT2D eigenvalue weighted by Crippen LogP contribution is -2.34. The third-order valence-electron chi connectivity index (χ3n) is 5.33. The van der Waals surface area contributed by atoms with Crippen LogP contribution in [0, 0.1) is 18.8 Å². The topological polar surface area (TPSA) is 21.3 Å². The molecule has 0 amide bonds. The number of nitrogens with one attached hydrogen (secondary N) is 1. The number of ether oxygens (including phenoxy) is 1. The molecule has 3 unspecified atom stereocenters. The quantitative estimate of drug-likeness (QED) is 0.856. The molecule has 2 nitrogen and oxygen atoms in total. The number of hydrogen-bond donors (Lipinski definition) is 1. The van der Waals surface area contributed by atoms with E-state index in [2.05, 4.69) is 30.4 Å². The van der Waals surface area contributed by atoms with Crippen molar-refractivity contribution >= 4 is 5.69 Å². The molecule has 3 rings (SSSR count). The average molecular weight is 273 g/mol. The maximum absolute atomic E-state index is 5.28. The average Bonchev–Trinajstić information content (AvgIpc) is 2.49. The fourth-order valence-electron chi connectivity index (χ4n) is 4.15. The molecule has 2 heteroatoms. The van der Waals surface area contributed by atoms with Crippen molar-refractivity contribution in [2.45, 2.75) is 57.9 Å². The predicted molar refractivity (Wildman–Crippen MR) is 84.4 cm³/mol. The second kappa shape index (κ2) is 6.07. The zero-order valence-electron chi connectivity index (χ0n) is 12.8. The SMILES string of the molecule is COc1ccc(NC2CCC3CCCCC3C2)c(C)c1. The van der Waals surface area contributed by atoms with Gasteiger partial charge < -0.3 is 10.1 Å². The highest BCUT2D eigenvalue weighted by Gasteiger charge is 2.32. The van der Waals surface area contributed by atoms with Crippen LogP contribution in [-0.2, 0) is 0 Å². The van der Waals surface area contributed by atoms with Crippen molar-refractivity contribution in [3.63, 3.8) is 0 Å². The van der Waals surface area contributed by atoms with Gasteiger partial charge in [0.1, 0.15) is 5.75 Å². The number of hydrogen-bond acceptors (Lipinski definition) is 2. The molecule has 3 atom stereocenters. The molecule has 0 heterocycles. The highest BCUT2D eigenvalue weighted by Crippen LogP contribution is 2.41. The molecule has 2 saturated carbocycles. The van der Waals surface area contributed by atoms with Gasteiger partial charge in [-0.1, -0.05) is 25.7 Å². The summed E-state index contributed by atoms with van der Waals surface area (Å²) in [5, 5.41) is 3.78. The predicted octanol–water partition coefficient (Wildman–Crippen LogP) is 4.77. The van der Waals surface area contributed by atoms with Gasteiger partial charge in [-0.2, -0.15) is 0 Å². The van der Waals surface area contributed by atoms with Crippen molar-refractivity contribution in [2.75, 3.05) is 12.4 Å². The number of rotatable bonds is 3. The van der Waals surface area contributed by atoms with Gasteiger partial charge in [-0.15, -0.1) is 0 Å². The molecule has 2 aliphatic rings. The summed E-state index contributed by atoms with van der Waals surface area (Å²) in [5.74, 6) is 2.95. The van der Waals surface area contributed by atoms with Crippen LogP contribution in [-0.4, -0.2) is 13.2 Å². The second-order valence-corrected chi connectivity index (χ2v) is 6.64. The van der Waals surface area contributed by atoms with E-state index in [0.717, 1.165) is 17.6 Å². The van der Waals surface area contributed by atoms with Crippen molar-refractivity contribution in [3.05, 3.63) is 23.8 Å². The molecular weight excluding hydrogens is 246 g/mol. The molecule has 2 fully saturated rings. The third-order valence-corrected chi connectivity index (χ3v) is 5.33. The molecule has 0 bridgehead atoms. The van der Waals surface area contributed by atoms with Gasteiger partial charge in [0.25, 0.3) is 0 Å². The Kier molecular flexibility index (Phi) is 4.18. The van der Waals surface area contributed by atoms with E-state index in [0.29, 0.717) is 6.04 Å². The van der Waals surface area contributed by atoms with E-state index in [4.69, 9.17) is 4.74 Å². The van der Waals surface area contributed by atoms with Gasteiger partial charge in [0, 0.05) is 11.7 Å². The molecule has 0 saturated heterocycles. The van der Waals surface area contributed by atoms with E-state index in [1.165, 1.54) is 56.2 Å². The fraction of sp³-hybridized carbons (Fsp3) is 0.667. The van der Waals surface area contributed by atoms with Gasteiger partial charge in [0.2, 0.25) is 0 Å². The molecule has 1 N–H and O–H groups in total. The Bertz CT molecular complexity index is 457. The molecule has 1 aromatic carbocycles. The molecular formula is C18H27NO. The van der Waals surface area contributed by atoms with Crippen LogP contribution in [0.4, 0.5) is 5.69 Å². The summed E-state index contributed by atoms with van der Waals surface area (Å²) in [6.07, 6.45) is 10.0. The van der Waals surface area contributed by atoms with Crippen molar-refractivity contribution in [1.82, 2.24) is 0 Å². The van der Waals surface area contributed by atoms with Gasteiger partial charge in [0.15, 0.2) is 0 Å². The van der Waals surface area contributed by atoms with Crippen LogP contribution in [0.25, 0.3) is 0 Å². The van der Waals surface area contributed by atoms with E-state index >= 15 is 0 Å². The fourth-order valence-corrected chi connectivity index (χ4v) is 4.15. The van der Waals surface area contributed by atoms with E-state index in [1.54, 1.807) is 7.11 Å². The lowest BCUT2D eigenvalue weighted by molar-refractivity contribution is 0.162. The molecule has 1 aromatic rings. The Morgan fingerprint density at radius 3 is 2.60 bits per heavy atom. The van der Waals surface area contributed by atoms with Crippen LogP contribution in [0.5, 0.6) is 5.75 Å². The highest BCUT2D eigenvalue weighted by molar-refractivity contribution is 5.54. The maximum Gasteiger partial charge on any atom is 0.119 e. The van der Waals surface area contributed by atoms with E-state index in [9.17, 15) is 0 Å². The van der Waals surface area contributed by atoms with Gasteiger partial charge in [-0.25, -0.2) is 0 Å². The minimum atomic E-state index is 0.668. The Morgan fingerprint density at radius 2 is 1.85 bits per heavy atom. The van der Waals surface area contributed by atoms with E-state index in [-0.39, 0.29) is 0 Å². The molecule has 20 heavy (non-hydrogen) atoms. The summed E-state index contributed by atoms with van der Waals surface area (Å²) in [6.45, 7) is 2.16. The lowest BCUT2D eigenvalue weighted by atomic mass is 9.69. The Labute approximate surface area is 122 Å². The Morgan fingerprint density at radius 1 is 1.05 bits per heavy atom. The summed E-state index contributed by atoms with van der Waals surface area (Å²) in [6, 6.07) is 7.01. The van der Waals surface area contributed by atoms with Crippen molar-refractivity contribution in [1.29, 1.82) is 0 Å². The van der Waals surface area contributed by atoms with Crippen LogP contribution in [0.1, 0.15) is 50.5 Å². The molecule has 0 radical (unpaired) electrons. The van der Waals surface area contributed by atoms with Gasteiger partial charge in [0.05, 0.1) is 7.11 Å². The van der Waals surface area contributed by atoms with Gasteiger partial charge in [-0.05, 0) is 61.8 Å². The minimum absolute atomic E-state index is 0.668. The molecule has 0 aromatic heterocycles. The first-order chi connectivity index (χ1) is 9.76. The first-order valence-electron chi connectivity index (χ1n) is 8.17. The minimum Gasteiger partial charge on any atom is -0.497 e. The smallest absolute Gasteiger partial charge is 0.119 e. The standard InChI is InChI=1S/C18H27NO/c1-13-11-17(20-2)9-10-18(13)19-16-8-7-14-5-3-4-6-15(14)12-16/h9-11,14-16,19H,3-8,12H2,1-2H3. The van der Waals surface area contributed by atoms with Crippen molar-refractivity contribution in [3.8, 4) is 5.75 Å². The summed E-state index contributed by atoms with van der Waals surface area (Å²) >= 11 is 0. The molecule has 0 aliphatic heterocycles. The number of benzene rings is 1. The van der Waals surface area contributed by atoms with E-state index < -0.39 is 0 Å². The van der Waals surface area contributed by atoms with Crippen molar-refractivity contribution < 1.29 is 4.74 Å². The first kappa shape index (κ1) is 13.8. The molecule has 0 spiro atoms. The molecule has 2 aliphatic carbocycles. The number of methoxy groups -OCH3 is 1. The monoisotopic (exact) mass is 273 g/mol. The third kappa shape index (κ3) is 2.94. The Balaban J connectivity index is 1.63. The Hall–Kier alpha value is -1.18. The van der Waals surface area contributed by atoms with Crippen LogP contribution in [0.2, 0.25) is 0 Å². The largest absolute Gasteiger partial charge is 0.497 e.